The first-order valence-corrected chi connectivity index (χ1v) is 3.94. The number of nitrogens with one attached hydrogen (secondary N) is 1. The highest BCUT2D eigenvalue weighted by atomic mass is 32.2. The van der Waals surface area contributed by atoms with Crippen molar-refractivity contribution in [2.75, 3.05) is 5.75 Å². The van der Waals surface area contributed by atoms with Gasteiger partial charge in [0.1, 0.15) is 0 Å². The van der Waals surface area contributed by atoms with Crippen LogP contribution < -0.4 is 5.32 Å². The number of rotatable bonds is 0. The summed E-state index contributed by atoms with van der Waals surface area (Å²) in [6, 6.07) is 0. The van der Waals surface area contributed by atoms with E-state index in [4.69, 9.17) is 12.2 Å². The van der Waals surface area contributed by atoms with Gasteiger partial charge < -0.3 is 5.32 Å². The Hall–Kier alpha value is 0.240. The molecule has 1 aliphatic heterocycles. The summed E-state index contributed by atoms with van der Waals surface area (Å²) in [6.07, 6.45) is 0. The normalized spacial score (nSPS) is 25.5. The van der Waals surface area contributed by atoms with Gasteiger partial charge in [-0.3, -0.25) is 0 Å². The predicted molar refractivity (Wildman–Crippen MR) is 42.3 cm³/mol. The third-order valence-electron chi connectivity index (χ3n) is 1.00. The standard InChI is InChI=1S/C5H9NS2/c1-5(2)6-4(7)3-8-5/h3H2,1-2H3,(H,6,7). The van der Waals surface area contributed by atoms with Gasteiger partial charge >= 0.3 is 0 Å². The van der Waals surface area contributed by atoms with Crippen LogP contribution in [0.1, 0.15) is 13.8 Å². The lowest BCUT2D eigenvalue weighted by atomic mass is 10.4. The predicted octanol–water partition coefficient (Wildman–Crippen LogP) is 1.39. The molecule has 0 aromatic rings. The second-order valence-electron chi connectivity index (χ2n) is 2.35. The molecule has 1 rings (SSSR count). The van der Waals surface area contributed by atoms with Crippen LogP contribution in [0.3, 0.4) is 0 Å². The Labute approximate surface area is 59.2 Å². The van der Waals surface area contributed by atoms with Crippen LogP contribution in [0.2, 0.25) is 0 Å². The monoisotopic (exact) mass is 147 g/mol. The van der Waals surface area contributed by atoms with Crippen LogP contribution in [0.5, 0.6) is 0 Å². The van der Waals surface area contributed by atoms with Gasteiger partial charge in [-0.1, -0.05) is 12.2 Å². The zero-order valence-corrected chi connectivity index (χ0v) is 6.66. The van der Waals surface area contributed by atoms with E-state index in [2.05, 4.69) is 19.2 Å². The molecule has 1 saturated heterocycles. The Kier molecular flexibility index (Phi) is 1.50. The average Bonchev–Trinajstić information content (AvgIpc) is 1.82. The molecule has 3 heteroatoms. The van der Waals surface area contributed by atoms with Gasteiger partial charge in [0.2, 0.25) is 0 Å². The van der Waals surface area contributed by atoms with Crippen molar-refractivity contribution in [3.63, 3.8) is 0 Å². The lowest BCUT2D eigenvalue weighted by molar-refractivity contribution is 0.687. The third kappa shape index (κ3) is 1.36. The van der Waals surface area contributed by atoms with Crippen molar-refractivity contribution in [1.82, 2.24) is 5.32 Å². The molecule has 0 radical (unpaired) electrons. The summed E-state index contributed by atoms with van der Waals surface area (Å²) in [6.45, 7) is 4.27. The Morgan fingerprint density at radius 1 is 1.75 bits per heavy atom. The van der Waals surface area contributed by atoms with E-state index in [0.29, 0.717) is 0 Å². The Morgan fingerprint density at radius 2 is 2.38 bits per heavy atom. The largest absolute Gasteiger partial charge is 0.365 e. The molecular formula is C5H9NS2. The zero-order valence-electron chi connectivity index (χ0n) is 5.02. The van der Waals surface area contributed by atoms with E-state index >= 15 is 0 Å². The first-order valence-electron chi connectivity index (χ1n) is 2.55. The van der Waals surface area contributed by atoms with Crippen LogP contribution in [0.15, 0.2) is 0 Å². The first-order chi connectivity index (χ1) is 3.60. The maximum atomic E-state index is 4.94. The second-order valence-corrected chi connectivity index (χ2v) is 4.44. The lowest BCUT2D eigenvalue weighted by Crippen LogP contribution is -2.31. The fourth-order valence-corrected chi connectivity index (χ4v) is 1.91. The molecule has 0 unspecified atom stereocenters. The molecule has 0 aromatic heterocycles. The van der Waals surface area contributed by atoms with Gasteiger partial charge in [0.05, 0.1) is 9.86 Å². The fraction of sp³-hybridized carbons (Fsp3) is 0.800. The Bertz CT molecular complexity index is 120. The number of thioether (sulfide) groups is 1. The van der Waals surface area contributed by atoms with Gasteiger partial charge in [-0.25, -0.2) is 0 Å². The Balaban J connectivity index is 2.56. The topological polar surface area (TPSA) is 12.0 Å². The van der Waals surface area contributed by atoms with Crippen molar-refractivity contribution in [1.29, 1.82) is 0 Å². The van der Waals surface area contributed by atoms with Crippen molar-refractivity contribution in [3.8, 4) is 0 Å². The van der Waals surface area contributed by atoms with Crippen molar-refractivity contribution in [2.24, 2.45) is 0 Å². The van der Waals surface area contributed by atoms with Crippen LogP contribution in [-0.4, -0.2) is 15.6 Å². The van der Waals surface area contributed by atoms with Gasteiger partial charge in [0.15, 0.2) is 0 Å². The van der Waals surface area contributed by atoms with Crippen LogP contribution in [-0.2, 0) is 0 Å². The van der Waals surface area contributed by atoms with Crippen LogP contribution in [0.4, 0.5) is 0 Å². The highest BCUT2D eigenvalue weighted by molar-refractivity contribution is 8.03. The van der Waals surface area contributed by atoms with E-state index in [1.807, 2.05) is 11.8 Å². The average molecular weight is 147 g/mol. The van der Waals surface area contributed by atoms with Crippen LogP contribution >= 0.6 is 24.0 Å². The minimum absolute atomic E-state index is 0.192. The maximum absolute atomic E-state index is 4.94. The van der Waals surface area contributed by atoms with E-state index in [-0.39, 0.29) is 4.87 Å². The van der Waals surface area contributed by atoms with Crippen LogP contribution in [0.25, 0.3) is 0 Å². The molecule has 0 bridgehead atoms. The highest BCUT2D eigenvalue weighted by Gasteiger charge is 2.25. The maximum Gasteiger partial charge on any atom is 0.0865 e. The molecule has 1 heterocycles. The Morgan fingerprint density at radius 3 is 2.50 bits per heavy atom. The molecule has 46 valence electrons. The smallest absolute Gasteiger partial charge is 0.0865 e. The molecule has 0 spiro atoms. The molecule has 0 aliphatic carbocycles. The molecule has 0 atom stereocenters. The molecule has 0 amide bonds. The van der Waals surface area contributed by atoms with E-state index in [9.17, 15) is 0 Å². The molecule has 0 saturated carbocycles. The van der Waals surface area contributed by atoms with Crippen molar-refractivity contribution in [3.05, 3.63) is 0 Å². The first kappa shape index (κ1) is 6.36. The number of hydrogen-bond donors (Lipinski definition) is 1. The molecule has 1 N–H and O–H groups in total. The van der Waals surface area contributed by atoms with Crippen molar-refractivity contribution < 1.29 is 0 Å². The summed E-state index contributed by atoms with van der Waals surface area (Å²) >= 11 is 6.79. The van der Waals surface area contributed by atoms with Gasteiger partial charge in [-0.05, 0) is 13.8 Å². The molecular weight excluding hydrogens is 138 g/mol. The van der Waals surface area contributed by atoms with Gasteiger partial charge in [-0.15, -0.1) is 11.8 Å². The molecule has 0 aromatic carbocycles. The zero-order chi connectivity index (χ0) is 6.20. The summed E-state index contributed by atoms with van der Waals surface area (Å²) in [4.78, 5) is 1.18. The van der Waals surface area contributed by atoms with Gasteiger partial charge in [0, 0.05) is 5.75 Å². The molecule has 1 fully saturated rings. The number of thiocarbonyl (C=S) groups is 1. The lowest BCUT2D eigenvalue weighted by Gasteiger charge is -2.15. The van der Waals surface area contributed by atoms with Crippen LogP contribution in [0, 0.1) is 0 Å². The molecule has 1 nitrogen and oxygen atoms in total. The SMILES string of the molecule is CC1(C)NC(=S)CS1. The quantitative estimate of drug-likeness (QED) is 0.520. The summed E-state index contributed by atoms with van der Waals surface area (Å²) in [5.74, 6) is 0.988. The van der Waals surface area contributed by atoms with E-state index in [0.717, 1.165) is 10.7 Å². The van der Waals surface area contributed by atoms with Gasteiger partial charge in [-0.2, -0.15) is 0 Å². The number of hydrogen-bond acceptors (Lipinski definition) is 2. The highest BCUT2D eigenvalue weighted by Crippen LogP contribution is 2.26. The van der Waals surface area contributed by atoms with E-state index < -0.39 is 0 Å². The third-order valence-corrected chi connectivity index (χ3v) is 2.69. The van der Waals surface area contributed by atoms with E-state index in [1.165, 1.54) is 0 Å². The molecule has 8 heavy (non-hydrogen) atoms. The van der Waals surface area contributed by atoms with Crippen molar-refractivity contribution >= 4 is 29.0 Å². The fourth-order valence-electron chi connectivity index (χ4n) is 0.654. The van der Waals surface area contributed by atoms with Gasteiger partial charge in [0.25, 0.3) is 0 Å². The summed E-state index contributed by atoms with van der Waals surface area (Å²) in [7, 11) is 0. The minimum atomic E-state index is 0.192. The van der Waals surface area contributed by atoms with Crippen molar-refractivity contribution in [2.45, 2.75) is 18.7 Å². The summed E-state index contributed by atoms with van der Waals surface area (Å²) < 4.78 is 0. The second kappa shape index (κ2) is 1.88. The molecule has 1 aliphatic rings. The van der Waals surface area contributed by atoms with E-state index in [1.54, 1.807) is 0 Å². The minimum Gasteiger partial charge on any atom is -0.365 e. The summed E-state index contributed by atoms with van der Waals surface area (Å²) in [5.41, 5.74) is 0. The summed E-state index contributed by atoms with van der Waals surface area (Å²) in [5, 5.41) is 3.19.